The zero-order chi connectivity index (χ0) is 15.5. The van der Waals surface area contributed by atoms with Crippen LogP contribution in [0.4, 0.5) is 10.1 Å². The van der Waals surface area contributed by atoms with Crippen LogP contribution in [0.3, 0.4) is 0 Å². The molecule has 1 amide bonds. The molecule has 0 saturated heterocycles. The van der Waals surface area contributed by atoms with E-state index in [-0.39, 0.29) is 18.1 Å². The summed E-state index contributed by atoms with van der Waals surface area (Å²) in [5, 5.41) is 2.78. The summed E-state index contributed by atoms with van der Waals surface area (Å²) in [5.41, 5.74) is 1.87. The van der Waals surface area contributed by atoms with Crippen LogP contribution in [0.5, 0.6) is 5.75 Å². The lowest BCUT2D eigenvalue weighted by molar-refractivity contribution is -0.115. The number of fused-ring (bicyclic) bond motifs is 1. The topological polar surface area (TPSA) is 55.6 Å². The van der Waals surface area contributed by atoms with E-state index in [1.165, 1.54) is 12.3 Å². The second kappa shape index (κ2) is 5.85. The maximum absolute atomic E-state index is 13.1. The average Bonchev–Trinajstić information content (AvgIpc) is 2.89. The molecule has 0 atom stereocenters. The summed E-state index contributed by atoms with van der Waals surface area (Å²) in [6.45, 7) is 0. The Kier molecular flexibility index (Phi) is 3.74. The molecule has 1 aromatic carbocycles. The van der Waals surface area contributed by atoms with E-state index in [1.54, 1.807) is 48.0 Å². The molecule has 0 aliphatic carbocycles. The molecule has 0 aliphatic rings. The molecule has 6 heteroatoms. The number of pyridine rings is 1. The van der Waals surface area contributed by atoms with Gasteiger partial charge in [0.15, 0.2) is 0 Å². The van der Waals surface area contributed by atoms with Crippen LogP contribution in [0.25, 0.3) is 5.65 Å². The average molecular weight is 299 g/mol. The van der Waals surface area contributed by atoms with E-state index in [2.05, 4.69) is 10.3 Å². The van der Waals surface area contributed by atoms with Crippen LogP contribution in [-0.4, -0.2) is 22.4 Å². The van der Waals surface area contributed by atoms with Gasteiger partial charge in [0.05, 0.1) is 19.2 Å². The number of methoxy groups -OCH3 is 1. The Bertz CT molecular complexity index is 812. The van der Waals surface area contributed by atoms with Gasteiger partial charge in [-0.15, -0.1) is 0 Å². The molecule has 3 aromatic rings. The van der Waals surface area contributed by atoms with Crippen LogP contribution < -0.4 is 10.1 Å². The number of ether oxygens (including phenoxy) is 1. The van der Waals surface area contributed by atoms with Crippen molar-refractivity contribution in [3.63, 3.8) is 0 Å². The molecule has 2 aromatic heterocycles. The van der Waals surface area contributed by atoms with Crippen LogP contribution in [-0.2, 0) is 11.2 Å². The van der Waals surface area contributed by atoms with Crippen molar-refractivity contribution in [1.29, 1.82) is 0 Å². The van der Waals surface area contributed by atoms with Crippen molar-refractivity contribution < 1.29 is 13.9 Å². The molecule has 112 valence electrons. The predicted molar refractivity (Wildman–Crippen MR) is 80.5 cm³/mol. The summed E-state index contributed by atoms with van der Waals surface area (Å²) >= 11 is 0. The summed E-state index contributed by atoms with van der Waals surface area (Å²) in [6, 6.07) is 9.96. The Morgan fingerprint density at radius 3 is 2.73 bits per heavy atom. The van der Waals surface area contributed by atoms with Crippen molar-refractivity contribution in [2.75, 3.05) is 12.4 Å². The summed E-state index contributed by atoms with van der Waals surface area (Å²) in [6.07, 6.45) is 3.09. The fraction of sp³-hybridized carbons (Fsp3) is 0.125. The molecule has 0 spiro atoms. The van der Waals surface area contributed by atoms with Gasteiger partial charge in [-0.1, -0.05) is 0 Å². The highest BCUT2D eigenvalue weighted by molar-refractivity contribution is 5.92. The molecule has 1 N–H and O–H groups in total. The van der Waals surface area contributed by atoms with Crippen molar-refractivity contribution in [2.45, 2.75) is 6.42 Å². The third-order valence-electron chi connectivity index (χ3n) is 3.18. The highest BCUT2D eigenvalue weighted by Gasteiger charge is 2.08. The van der Waals surface area contributed by atoms with Gasteiger partial charge in [0.2, 0.25) is 5.91 Å². The van der Waals surface area contributed by atoms with Gasteiger partial charge in [0, 0.05) is 18.1 Å². The monoisotopic (exact) mass is 299 g/mol. The van der Waals surface area contributed by atoms with Gasteiger partial charge in [-0.3, -0.25) is 4.79 Å². The Hall–Kier alpha value is -2.89. The highest BCUT2D eigenvalue weighted by Crippen LogP contribution is 2.15. The normalized spacial score (nSPS) is 10.6. The molecule has 0 saturated carbocycles. The molecule has 5 nitrogen and oxygen atoms in total. The summed E-state index contributed by atoms with van der Waals surface area (Å²) in [7, 11) is 1.58. The summed E-state index contributed by atoms with van der Waals surface area (Å²) < 4.78 is 19.7. The lowest BCUT2D eigenvalue weighted by Crippen LogP contribution is -2.14. The maximum Gasteiger partial charge on any atom is 0.230 e. The Morgan fingerprint density at radius 2 is 2.00 bits per heavy atom. The molecular weight excluding hydrogens is 285 g/mol. The van der Waals surface area contributed by atoms with E-state index in [1.807, 2.05) is 0 Å². The van der Waals surface area contributed by atoms with Gasteiger partial charge in [-0.05, 0) is 36.4 Å². The second-order valence-corrected chi connectivity index (χ2v) is 4.80. The molecular formula is C16H14FN3O2. The second-order valence-electron chi connectivity index (χ2n) is 4.80. The molecule has 0 aliphatic heterocycles. The maximum atomic E-state index is 13.1. The largest absolute Gasteiger partial charge is 0.497 e. The van der Waals surface area contributed by atoms with E-state index in [9.17, 15) is 9.18 Å². The van der Waals surface area contributed by atoms with Crippen molar-refractivity contribution in [2.24, 2.45) is 0 Å². The van der Waals surface area contributed by atoms with Crippen LogP contribution in [0.1, 0.15) is 5.69 Å². The SMILES string of the molecule is COc1ccc(NC(=O)Cc2cn3cc(F)ccc3n2)cc1. The highest BCUT2D eigenvalue weighted by atomic mass is 19.1. The number of benzene rings is 1. The molecule has 3 rings (SSSR count). The number of carbonyl (C=O) groups excluding carboxylic acids is 1. The van der Waals surface area contributed by atoms with Crippen LogP contribution in [0.15, 0.2) is 48.8 Å². The summed E-state index contributed by atoms with van der Waals surface area (Å²) in [4.78, 5) is 16.3. The van der Waals surface area contributed by atoms with Crippen molar-refractivity contribution in [3.8, 4) is 5.75 Å². The molecule has 0 radical (unpaired) electrons. The minimum Gasteiger partial charge on any atom is -0.497 e. The van der Waals surface area contributed by atoms with Gasteiger partial charge >= 0.3 is 0 Å². The minimum absolute atomic E-state index is 0.120. The first-order valence-corrected chi connectivity index (χ1v) is 6.71. The van der Waals surface area contributed by atoms with Crippen molar-refractivity contribution in [3.05, 3.63) is 60.3 Å². The number of nitrogens with one attached hydrogen (secondary N) is 1. The third kappa shape index (κ3) is 3.06. The third-order valence-corrected chi connectivity index (χ3v) is 3.18. The van der Waals surface area contributed by atoms with E-state index in [0.29, 0.717) is 17.0 Å². The fourth-order valence-corrected chi connectivity index (χ4v) is 2.15. The number of anilines is 1. The Balaban J connectivity index is 1.69. The number of carbonyl (C=O) groups is 1. The lowest BCUT2D eigenvalue weighted by atomic mass is 10.2. The molecule has 2 heterocycles. The number of imidazole rings is 1. The zero-order valence-corrected chi connectivity index (χ0v) is 11.9. The standard InChI is InChI=1S/C16H14FN3O2/c1-22-14-5-3-12(4-6-14)19-16(21)8-13-10-20-9-11(17)2-7-15(20)18-13/h2-7,9-10H,8H2,1H3,(H,19,21). The van der Waals surface area contributed by atoms with Gasteiger partial charge in [-0.25, -0.2) is 9.37 Å². The van der Waals surface area contributed by atoms with Crippen LogP contribution in [0, 0.1) is 5.82 Å². The van der Waals surface area contributed by atoms with Gasteiger partial charge in [0.25, 0.3) is 0 Å². The minimum atomic E-state index is -0.348. The van der Waals surface area contributed by atoms with Crippen molar-refractivity contribution >= 4 is 17.2 Å². The number of hydrogen-bond acceptors (Lipinski definition) is 3. The smallest absolute Gasteiger partial charge is 0.230 e. The van der Waals surface area contributed by atoms with E-state index in [4.69, 9.17) is 4.74 Å². The van der Waals surface area contributed by atoms with Crippen LogP contribution in [0.2, 0.25) is 0 Å². The molecule has 0 fully saturated rings. The molecule has 0 bridgehead atoms. The van der Waals surface area contributed by atoms with E-state index < -0.39 is 0 Å². The number of halogens is 1. The Morgan fingerprint density at radius 1 is 1.23 bits per heavy atom. The predicted octanol–water partition coefficient (Wildman–Crippen LogP) is 2.66. The number of nitrogens with zero attached hydrogens (tertiary/aromatic N) is 2. The number of rotatable bonds is 4. The number of aromatic nitrogens is 2. The van der Waals surface area contributed by atoms with Gasteiger partial charge in [-0.2, -0.15) is 0 Å². The Labute approximate surface area is 126 Å². The first-order chi connectivity index (χ1) is 10.6. The summed E-state index contributed by atoms with van der Waals surface area (Å²) in [5.74, 6) is 0.188. The number of amides is 1. The first kappa shape index (κ1) is 14.1. The first-order valence-electron chi connectivity index (χ1n) is 6.71. The van der Waals surface area contributed by atoms with Gasteiger partial charge < -0.3 is 14.5 Å². The van der Waals surface area contributed by atoms with E-state index in [0.717, 1.165) is 5.75 Å². The zero-order valence-electron chi connectivity index (χ0n) is 11.9. The fourth-order valence-electron chi connectivity index (χ4n) is 2.15. The quantitative estimate of drug-likeness (QED) is 0.806. The molecule has 22 heavy (non-hydrogen) atoms. The lowest BCUT2D eigenvalue weighted by Gasteiger charge is -2.05. The van der Waals surface area contributed by atoms with Gasteiger partial charge in [0.1, 0.15) is 17.2 Å². The van der Waals surface area contributed by atoms with E-state index >= 15 is 0 Å². The molecule has 0 unspecified atom stereocenters. The van der Waals surface area contributed by atoms with Crippen LogP contribution >= 0.6 is 0 Å². The van der Waals surface area contributed by atoms with Crippen molar-refractivity contribution in [1.82, 2.24) is 9.38 Å². The number of hydrogen-bond donors (Lipinski definition) is 1.